The van der Waals surface area contributed by atoms with Crippen molar-refractivity contribution in [2.45, 2.75) is 24.7 Å². The SMILES string of the molecule is O=C(O)C1(c2nnc(Cl)c3ccccc23)CCC1. The largest absolute Gasteiger partial charge is 0.481 e. The summed E-state index contributed by atoms with van der Waals surface area (Å²) in [6, 6.07) is 7.41. The first kappa shape index (κ1) is 11.4. The summed E-state index contributed by atoms with van der Waals surface area (Å²) in [6.45, 7) is 0. The maximum atomic E-state index is 11.5. The number of benzene rings is 1. The molecule has 92 valence electrons. The van der Waals surface area contributed by atoms with Gasteiger partial charge < -0.3 is 5.11 Å². The molecule has 0 amide bonds. The van der Waals surface area contributed by atoms with Crippen LogP contribution in [-0.2, 0) is 10.2 Å². The fraction of sp³-hybridized carbons (Fsp3) is 0.308. The number of nitrogens with zero attached hydrogens (tertiary/aromatic N) is 2. The van der Waals surface area contributed by atoms with Crippen LogP contribution in [0.1, 0.15) is 25.0 Å². The zero-order valence-corrected chi connectivity index (χ0v) is 10.3. The van der Waals surface area contributed by atoms with Crippen molar-refractivity contribution in [3.8, 4) is 0 Å². The predicted molar refractivity (Wildman–Crippen MR) is 67.7 cm³/mol. The summed E-state index contributed by atoms with van der Waals surface area (Å²) >= 11 is 6.00. The molecule has 0 spiro atoms. The molecule has 1 aromatic carbocycles. The Balaban J connectivity index is 2.30. The minimum Gasteiger partial charge on any atom is -0.481 e. The fourth-order valence-electron chi connectivity index (χ4n) is 2.51. The average Bonchev–Trinajstić information content (AvgIpc) is 2.30. The van der Waals surface area contributed by atoms with Crippen LogP contribution in [0.15, 0.2) is 24.3 Å². The Labute approximate surface area is 109 Å². The number of fused-ring (bicyclic) bond motifs is 1. The van der Waals surface area contributed by atoms with Crippen LogP contribution in [-0.4, -0.2) is 21.3 Å². The molecule has 0 radical (unpaired) electrons. The third-order valence-electron chi connectivity index (χ3n) is 3.71. The molecule has 0 bridgehead atoms. The highest BCUT2D eigenvalue weighted by Gasteiger charge is 2.48. The Bertz CT molecular complexity index is 638. The number of aliphatic carboxylic acids is 1. The third kappa shape index (κ3) is 1.42. The van der Waals surface area contributed by atoms with Gasteiger partial charge in [-0.25, -0.2) is 0 Å². The zero-order chi connectivity index (χ0) is 12.8. The van der Waals surface area contributed by atoms with E-state index in [1.54, 1.807) is 0 Å². The summed E-state index contributed by atoms with van der Waals surface area (Å²) < 4.78 is 0. The minimum absolute atomic E-state index is 0.314. The van der Waals surface area contributed by atoms with Crippen LogP contribution in [0, 0.1) is 0 Å². The molecule has 5 heteroatoms. The minimum atomic E-state index is -0.878. The molecule has 1 fully saturated rings. The second-order valence-corrected chi connectivity index (χ2v) is 4.98. The molecule has 1 saturated carbocycles. The van der Waals surface area contributed by atoms with Crippen molar-refractivity contribution in [1.29, 1.82) is 0 Å². The monoisotopic (exact) mass is 262 g/mol. The Morgan fingerprint density at radius 2 is 1.89 bits per heavy atom. The smallest absolute Gasteiger partial charge is 0.315 e. The average molecular weight is 263 g/mol. The molecule has 0 atom stereocenters. The van der Waals surface area contributed by atoms with Gasteiger partial charge in [-0.2, -0.15) is 5.10 Å². The topological polar surface area (TPSA) is 63.1 Å². The van der Waals surface area contributed by atoms with E-state index < -0.39 is 11.4 Å². The lowest BCUT2D eigenvalue weighted by molar-refractivity contribution is -0.147. The number of carbonyl (C=O) groups is 1. The number of carboxylic acid groups (broad SMARTS) is 1. The van der Waals surface area contributed by atoms with Gasteiger partial charge in [0.2, 0.25) is 0 Å². The predicted octanol–water partition coefficient (Wildman–Crippen LogP) is 2.79. The van der Waals surface area contributed by atoms with Gasteiger partial charge in [0.1, 0.15) is 5.41 Å². The maximum absolute atomic E-state index is 11.5. The molecular weight excluding hydrogens is 252 g/mol. The summed E-state index contributed by atoms with van der Waals surface area (Å²) in [7, 11) is 0. The molecule has 1 heterocycles. The van der Waals surface area contributed by atoms with Gasteiger partial charge >= 0.3 is 5.97 Å². The second kappa shape index (κ2) is 3.92. The van der Waals surface area contributed by atoms with E-state index >= 15 is 0 Å². The second-order valence-electron chi connectivity index (χ2n) is 4.63. The molecule has 1 aliphatic carbocycles. The van der Waals surface area contributed by atoms with Crippen molar-refractivity contribution in [2.75, 3.05) is 0 Å². The summed E-state index contributed by atoms with van der Waals surface area (Å²) in [5.74, 6) is -0.824. The molecule has 4 nitrogen and oxygen atoms in total. The number of rotatable bonds is 2. The Hall–Kier alpha value is -1.68. The Morgan fingerprint density at radius 3 is 2.44 bits per heavy atom. The van der Waals surface area contributed by atoms with Gasteiger partial charge in [0.05, 0.1) is 5.69 Å². The molecule has 0 aliphatic heterocycles. The van der Waals surface area contributed by atoms with Crippen LogP contribution in [0.25, 0.3) is 10.8 Å². The maximum Gasteiger partial charge on any atom is 0.315 e. The summed E-state index contributed by atoms with van der Waals surface area (Å²) in [5, 5.41) is 19.3. The van der Waals surface area contributed by atoms with E-state index in [0.29, 0.717) is 23.7 Å². The van der Waals surface area contributed by atoms with E-state index in [0.717, 1.165) is 17.2 Å². The molecule has 1 aromatic heterocycles. The van der Waals surface area contributed by atoms with Gasteiger partial charge in [-0.3, -0.25) is 4.79 Å². The lowest BCUT2D eigenvalue weighted by Crippen LogP contribution is -2.43. The molecule has 1 aliphatic rings. The lowest BCUT2D eigenvalue weighted by Gasteiger charge is -2.37. The number of carboxylic acids is 1. The number of aromatic nitrogens is 2. The van der Waals surface area contributed by atoms with Gasteiger partial charge in [0.25, 0.3) is 0 Å². The van der Waals surface area contributed by atoms with E-state index in [2.05, 4.69) is 10.2 Å². The normalized spacial score (nSPS) is 17.4. The highest BCUT2D eigenvalue weighted by molar-refractivity contribution is 6.34. The molecule has 3 rings (SSSR count). The number of hydrogen-bond acceptors (Lipinski definition) is 3. The van der Waals surface area contributed by atoms with Crippen molar-refractivity contribution in [3.63, 3.8) is 0 Å². The first-order valence-corrected chi connectivity index (χ1v) is 6.18. The Morgan fingerprint density at radius 1 is 1.22 bits per heavy atom. The highest BCUT2D eigenvalue weighted by Crippen LogP contribution is 2.45. The van der Waals surface area contributed by atoms with Crippen molar-refractivity contribution in [3.05, 3.63) is 35.1 Å². The molecule has 0 unspecified atom stereocenters. The first-order chi connectivity index (χ1) is 8.65. The number of halogens is 1. The first-order valence-electron chi connectivity index (χ1n) is 5.80. The summed E-state index contributed by atoms with van der Waals surface area (Å²) in [6.07, 6.45) is 2.14. The lowest BCUT2D eigenvalue weighted by atomic mass is 9.65. The summed E-state index contributed by atoms with van der Waals surface area (Å²) in [5.41, 5.74) is -0.335. The van der Waals surface area contributed by atoms with Crippen LogP contribution in [0.5, 0.6) is 0 Å². The van der Waals surface area contributed by atoms with Gasteiger partial charge in [-0.1, -0.05) is 42.3 Å². The molecule has 1 N–H and O–H groups in total. The van der Waals surface area contributed by atoms with E-state index in [-0.39, 0.29) is 0 Å². The van der Waals surface area contributed by atoms with Gasteiger partial charge in [-0.15, -0.1) is 5.10 Å². The molecular formula is C13H11ClN2O2. The van der Waals surface area contributed by atoms with E-state index in [1.165, 1.54) is 0 Å². The fourth-order valence-corrected chi connectivity index (χ4v) is 2.71. The van der Waals surface area contributed by atoms with Crippen molar-refractivity contribution >= 4 is 28.3 Å². The van der Waals surface area contributed by atoms with Crippen LogP contribution in [0.3, 0.4) is 0 Å². The molecule has 2 aromatic rings. The van der Waals surface area contributed by atoms with Gasteiger partial charge in [0.15, 0.2) is 5.15 Å². The zero-order valence-electron chi connectivity index (χ0n) is 9.56. The van der Waals surface area contributed by atoms with E-state index in [4.69, 9.17) is 11.6 Å². The van der Waals surface area contributed by atoms with E-state index in [1.807, 2.05) is 24.3 Å². The molecule has 0 saturated heterocycles. The van der Waals surface area contributed by atoms with Crippen molar-refractivity contribution < 1.29 is 9.90 Å². The Kier molecular flexibility index (Phi) is 2.48. The van der Waals surface area contributed by atoms with Crippen LogP contribution in [0.2, 0.25) is 5.15 Å². The van der Waals surface area contributed by atoms with Crippen LogP contribution in [0.4, 0.5) is 0 Å². The highest BCUT2D eigenvalue weighted by atomic mass is 35.5. The van der Waals surface area contributed by atoms with Crippen molar-refractivity contribution in [2.24, 2.45) is 0 Å². The van der Waals surface area contributed by atoms with Gasteiger partial charge in [0, 0.05) is 10.8 Å². The van der Waals surface area contributed by atoms with Crippen LogP contribution >= 0.6 is 11.6 Å². The molecule has 18 heavy (non-hydrogen) atoms. The number of hydrogen-bond donors (Lipinski definition) is 1. The quantitative estimate of drug-likeness (QED) is 0.904. The summed E-state index contributed by atoms with van der Waals surface area (Å²) in [4.78, 5) is 11.5. The van der Waals surface area contributed by atoms with Crippen molar-refractivity contribution in [1.82, 2.24) is 10.2 Å². The van der Waals surface area contributed by atoms with Crippen LogP contribution < -0.4 is 0 Å². The van der Waals surface area contributed by atoms with Gasteiger partial charge in [-0.05, 0) is 12.8 Å². The third-order valence-corrected chi connectivity index (χ3v) is 3.99. The standard InChI is InChI=1S/C13H11ClN2O2/c14-11-9-5-2-1-4-8(9)10(15-16-11)13(12(17)18)6-3-7-13/h1-2,4-5H,3,6-7H2,(H,17,18). The van der Waals surface area contributed by atoms with E-state index in [9.17, 15) is 9.90 Å².